The minimum atomic E-state index is 0.244. The SMILES string of the molecule is COc1cc2c(cc1OC)CN(C(=O)C[NH+]1CCN(c3ccccc3)CC1)CC2. The first-order valence-electron chi connectivity index (χ1n) is 10.3. The maximum atomic E-state index is 12.9. The maximum absolute atomic E-state index is 12.9. The van der Waals surface area contributed by atoms with Gasteiger partial charge in [0.1, 0.15) is 0 Å². The molecule has 0 saturated carbocycles. The van der Waals surface area contributed by atoms with Crippen LogP contribution in [0.3, 0.4) is 0 Å². The average molecular weight is 397 g/mol. The van der Waals surface area contributed by atoms with Crippen LogP contribution in [0.4, 0.5) is 5.69 Å². The van der Waals surface area contributed by atoms with E-state index < -0.39 is 0 Å². The molecule has 0 unspecified atom stereocenters. The molecule has 2 aliphatic heterocycles. The fourth-order valence-corrected chi connectivity index (χ4v) is 4.32. The molecule has 1 saturated heterocycles. The first kappa shape index (κ1) is 19.6. The smallest absolute Gasteiger partial charge is 0.278 e. The molecule has 4 rings (SSSR count). The van der Waals surface area contributed by atoms with Crippen molar-refractivity contribution in [2.24, 2.45) is 0 Å². The Morgan fingerprint density at radius 2 is 1.62 bits per heavy atom. The molecule has 6 nitrogen and oxygen atoms in total. The second kappa shape index (κ2) is 8.74. The van der Waals surface area contributed by atoms with Crippen LogP contribution < -0.4 is 19.3 Å². The zero-order chi connectivity index (χ0) is 20.2. The van der Waals surface area contributed by atoms with Gasteiger partial charge in [0, 0.05) is 18.8 Å². The molecule has 2 aromatic carbocycles. The monoisotopic (exact) mass is 396 g/mol. The Balaban J connectivity index is 1.33. The summed E-state index contributed by atoms with van der Waals surface area (Å²) in [6.45, 7) is 5.97. The van der Waals surface area contributed by atoms with Crippen molar-refractivity contribution >= 4 is 11.6 Å². The summed E-state index contributed by atoms with van der Waals surface area (Å²) in [4.78, 5) is 18.7. The van der Waals surface area contributed by atoms with E-state index >= 15 is 0 Å². The highest BCUT2D eigenvalue weighted by Crippen LogP contribution is 2.33. The molecular weight excluding hydrogens is 366 g/mol. The summed E-state index contributed by atoms with van der Waals surface area (Å²) in [5, 5.41) is 0. The number of benzene rings is 2. The van der Waals surface area contributed by atoms with E-state index in [1.54, 1.807) is 14.2 Å². The molecular formula is C23H30N3O3+. The van der Waals surface area contributed by atoms with Crippen molar-refractivity contribution in [3.8, 4) is 11.5 Å². The summed E-state index contributed by atoms with van der Waals surface area (Å²) in [5.74, 6) is 1.73. The van der Waals surface area contributed by atoms with Crippen LogP contribution in [-0.2, 0) is 17.8 Å². The highest BCUT2D eigenvalue weighted by Gasteiger charge is 2.27. The van der Waals surface area contributed by atoms with Crippen molar-refractivity contribution in [3.63, 3.8) is 0 Å². The van der Waals surface area contributed by atoms with Crippen LogP contribution in [0.2, 0.25) is 0 Å². The number of anilines is 1. The van der Waals surface area contributed by atoms with Gasteiger partial charge in [-0.1, -0.05) is 18.2 Å². The van der Waals surface area contributed by atoms with Gasteiger partial charge in [0.05, 0.1) is 40.4 Å². The minimum absolute atomic E-state index is 0.244. The fraction of sp³-hybridized carbons (Fsp3) is 0.435. The number of quaternary nitrogens is 1. The number of hydrogen-bond donors (Lipinski definition) is 1. The summed E-state index contributed by atoms with van der Waals surface area (Å²) in [5.41, 5.74) is 3.68. The number of rotatable bonds is 5. The van der Waals surface area contributed by atoms with Crippen molar-refractivity contribution in [1.29, 1.82) is 0 Å². The number of fused-ring (bicyclic) bond motifs is 1. The first-order valence-corrected chi connectivity index (χ1v) is 10.3. The lowest BCUT2D eigenvalue weighted by Crippen LogP contribution is -3.15. The van der Waals surface area contributed by atoms with E-state index in [1.807, 2.05) is 23.1 Å². The number of methoxy groups -OCH3 is 2. The Hall–Kier alpha value is -2.73. The largest absolute Gasteiger partial charge is 0.493 e. The number of carbonyl (C=O) groups is 1. The zero-order valence-corrected chi connectivity index (χ0v) is 17.3. The highest BCUT2D eigenvalue weighted by molar-refractivity contribution is 5.77. The van der Waals surface area contributed by atoms with Crippen molar-refractivity contribution in [1.82, 2.24) is 4.90 Å². The molecule has 2 aliphatic rings. The highest BCUT2D eigenvalue weighted by atomic mass is 16.5. The molecule has 1 fully saturated rings. The van der Waals surface area contributed by atoms with E-state index in [2.05, 4.69) is 29.2 Å². The number of amides is 1. The Labute approximate surface area is 172 Å². The van der Waals surface area contributed by atoms with Gasteiger partial charge in [-0.05, 0) is 41.8 Å². The van der Waals surface area contributed by atoms with E-state index in [1.165, 1.54) is 16.2 Å². The predicted molar refractivity (Wildman–Crippen MR) is 113 cm³/mol. The number of hydrogen-bond acceptors (Lipinski definition) is 4. The number of nitrogens with one attached hydrogen (secondary N) is 1. The molecule has 0 radical (unpaired) electrons. The second-order valence-corrected chi connectivity index (χ2v) is 7.79. The van der Waals surface area contributed by atoms with E-state index in [-0.39, 0.29) is 5.91 Å². The molecule has 6 heteroatoms. The van der Waals surface area contributed by atoms with Crippen LogP contribution in [0.1, 0.15) is 11.1 Å². The van der Waals surface area contributed by atoms with Gasteiger partial charge in [0.15, 0.2) is 18.0 Å². The minimum Gasteiger partial charge on any atom is -0.493 e. The molecule has 1 N–H and O–H groups in total. The first-order chi connectivity index (χ1) is 14.2. The molecule has 0 bridgehead atoms. The lowest BCUT2D eigenvalue weighted by atomic mass is 9.98. The van der Waals surface area contributed by atoms with Crippen molar-refractivity contribution in [2.75, 3.05) is 58.4 Å². The van der Waals surface area contributed by atoms with Gasteiger partial charge in [-0.3, -0.25) is 4.79 Å². The molecule has 0 atom stereocenters. The third kappa shape index (κ3) is 4.32. The topological polar surface area (TPSA) is 46.5 Å². The van der Waals surface area contributed by atoms with Gasteiger partial charge in [0.2, 0.25) is 0 Å². The van der Waals surface area contributed by atoms with Gasteiger partial charge in [-0.25, -0.2) is 0 Å². The van der Waals surface area contributed by atoms with Gasteiger partial charge < -0.3 is 24.2 Å². The summed E-state index contributed by atoms with van der Waals surface area (Å²) in [6, 6.07) is 14.6. The average Bonchev–Trinajstić information content (AvgIpc) is 2.78. The normalized spacial score (nSPS) is 17.0. The van der Waals surface area contributed by atoms with Crippen molar-refractivity contribution in [3.05, 3.63) is 53.6 Å². The Bertz CT molecular complexity index is 848. The number of ether oxygens (including phenoxy) is 2. The molecule has 0 aliphatic carbocycles. The number of para-hydroxylation sites is 1. The van der Waals surface area contributed by atoms with E-state index in [9.17, 15) is 4.79 Å². The van der Waals surface area contributed by atoms with Crippen molar-refractivity contribution in [2.45, 2.75) is 13.0 Å². The number of carbonyl (C=O) groups excluding carboxylic acids is 1. The van der Waals surface area contributed by atoms with Crippen LogP contribution in [0.5, 0.6) is 11.5 Å². The van der Waals surface area contributed by atoms with Gasteiger partial charge in [-0.2, -0.15) is 0 Å². The van der Waals surface area contributed by atoms with Gasteiger partial charge in [-0.15, -0.1) is 0 Å². The molecule has 1 amide bonds. The molecule has 2 heterocycles. The van der Waals surface area contributed by atoms with E-state index in [0.717, 1.165) is 56.2 Å². The van der Waals surface area contributed by atoms with Crippen LogP contribution in [-0.4, -0.2) is 64.3 Å². The van der Waals surface area contributed by atoms with Gasteiger partial charge >= 0.3 is 0 Å². The van der Waals surface area contributed by atoms with E-state index in [4.69, 9.17) is 9.47 Å². The van der Waals surface area contributed by atoms with Crippen LogP contribution in [0.15, 0.2) is 42.5 Å². The lowest BCUT2D eigenvalue weighted by Gasteiger charge is -2.35. The third-order valence-corrected chi connectivity index (χ3v) is 6.06. The molecule has 154 valence electrons. The molecule has 29 heavy (non-hydrogen) atoms. The molecule has 2 aromatic rings. The quantitative estimate of drug-likeness (QED) is 0.819. The Kier molecular flexibility index (Phi) is 5.90. The summed E-state index contributed by atoms with van der Waals surface area (Å²) >= 11 is 0. The summed E-state index contributed by atoms with van der Waals surface area (Å²) in [7, 11) is 3.30. The number of nitrogens with zero attached hydrogens (tertiary/aromatic N) is 2. The van der Waals surface area contributed by atoms with Crippen LogP contribution in [0.25, 0.3) is 0 Å². The predicted octanol–water partition coefficient (Wildman–Crippen LogP) is 0.994. The van der Waals surface area contributed by atoms with Crippen molar-refractivity contribution < 1.29 is 19.2 Å². The fourth-order valence-electron chi connectivity index (χ4n) is 4.32. The summed E-state index contributed by atoms with van der Waals surface area (Å²) in [6.07, 6.45) is 0.860. The van der Waals surface area contributed by atoms with Crippen LogP contribution >= 0.6 is 0 Å². The van der Waals surface area contributed by atoms with E-state index in [0.29, 0.717) is 13.1 Å². The zero-order valence-electron chi connectivity index (χ0n) is 17.3. The standard InChI is InChI=1S/C23H29N3O3/c1-28-21-14-18-8-9-26(16-19(18)15-22(21)29-2)23(27)17-24-10-12-25(13-11-24)20-6-4-3-5-7-20/h3-7,14-15H,8-13,16-17H2,1-2H3/p+1. The second-order valence-electron chi connectivity index (χ2n) is 7.79. The maximum Gasteiger partial charge on any atom is 0.278 e. The Morgan fingerprint density at radius 1 is 0.966 bits per heavy atom. The summed E-state index contributed by atoms with van der Waals surface area (Å²) < 4.78 is 10.8. The lowest BCUT2D eigenvalue weighted by molar-refractivity contribution is -0.892. The third-order valence-electron chi connectivity index (χ3n) is 6.06. The number of piperazine rings is 1. The van der Waals surface area contributed by atoms with Crippen LogP contribution in [0, 0.1) is 0 Å². The molecule has 0 spiro atoms. The van der Waals surface area contributed by atoms with Gasteiger partial charge in [0.25, 0.3) is 5.91 Å². The molecule has 0 aromatic heterocycles. The Morgan fingerprint density at radius 3 is 2.28 bits per heavy atom.